The van der Waals surface area contributed by atoms with Gasteiger partial charge in [-0.25, -0.2) is 0 Å². The number of methoxy groups -OCH3 is 2. The normalized spacial score (nSPS) is 26.9. The number of ketones is 1. The van der Waals surface area contributed by atoms with Crippen molar-refractivity contribution in [1.82, 2.24) is 4.90 Å². The lowest BCUT2D eigenvalue weighted by Crippen LogP contribution is -2.99. The SMILES string of the molecule is COc1cc2c(cc1OC)C(O)(O)C(O)(C(O)(O)C1(O)C(O)(O)C(O)(O)N(Cc3ccccc3)C(O)(O)C1(O)O)C2=O. The second-order valence-electron chi connectivity index (χ2n) is 10.0. The summed E-state index contributed by atoms with van der Waals surface area (Å²) in [7, 11) is 2.12. The highest BCUT2D eigenvalue weighted by Gasteiger charge is 2.94. The van der Waals surface area contributed by atoms with Crippen LogP contribution in [-0.4, -0.2) is 137 Å². The van der Waals surface area contributed by atoms with Gasteiger partial charge >= 0.3 is 0 Å². The molecule has 1 unspecified atom stereocenters. The van der Waals surface area contributed by atoms with Crippen molar-refractivity contribution in [2.75, 3.05) is 14.2 Å². The molecule has 1 aliphatic heterocycles. The molecule has 1 heterocycles. The molecule has 0 aromatic heterocycles. The highest BCUT2D eigenvalue weighted by molar-refractivity contribution is 6.09. The number of nitrogens with zero attached hydrogens (tertiary/aromatic N) is 1. The van der Waals surface area contributed by atoms with Gasteiger partial charge in [-0.2, -0.15) is 4.90 Å². The molecule has 2 aromatic rings. The lowest BCUT2D eigenvalue weighted by Gasteiger charge is -2.66. The first-order valence-electron chi connectivity index (χ1n) is 11.7. The van der Waals surface area contributed by atoms with Crippen LogP contribution in [0.1, 0.15) is 21.5 Å². The zero-order chi connectivity index (χ0) is 32.1. The number of hydrogen-bond donors (Lipinski definition) is 14. The van der Waals surface area contributed by atoms with E-state index in [9.17, 15) is 76.3 Å². The third-order valence-electron chi connectivity index (χ3n) is 7.87. The molecule has 18 nitrogen and oxygen atoms in total. The topological polar surface area (TPSA) is 322 Å². The summed E-state index contributed by atoms with van der Waals surface area (Å²) in [5.41, 5.74) is -12.6. The largest absolute Gasteiger partial charge is 0.493 e. The van der Waals surface area contributed by atoms with Crippen molar-refractivity contribution in [2.45, 2.75) is 52.7 Å². The molecule has 0 bridgehead atoms. The summed E-state index contributed by atoms with van der Waals surface area (Å²) in [4.78, 5) is 12.8. The fourth-order valence-electron chi connectivity index (χ4n) is 5.36. The van der Waals surface area contributed by atoms with E-state index in [4.69, 9.17) is 9.47 Å². The average Bonchev–Trinajstić information content (AvgIpc) is 3.07. The third-order valence-corrected chi connectivity index (χ3v) is 7.87. The third kappa shape index (κ3) is 3.35. The molecule has 1 saturated heterocycles. The van der Waals surface area contributed by atoms with Gasteiger partial charge in [-0.1, -0.05) is 30.3 Å². The monoisotopic (exact) mass is 603 g/mol. The van der Waals surface area contributed by atoms with Crippen LogP contribution in [0, 0.1) is 0 Å². The molecule has 2 aliphatic rings. The molecule has 4 rings (SSSR count). The van der Waals surface area contributed by atoms with Gasteiger partial charge in [0.2, 0.25) is 28.6 Å². The fraction of sp³-hybridized carbons (Fsp3) is 0.458. The Labute approximate surface area is 234 Å². The molecule has 18 heteroatoms. The quantitative estimate of drug-likeness (QED) is 0.136. The van der Waals surface area contributed by atoms with Crippen molar-refractivity contribution in [3.63, 3.8) is 0 Å². The van der Waals surface area contributed by atoms with E-state index in [1.807, 2.05) is 0 Å². The predicted molar refractivity (Wildman–Crippen MR) is 128 cm³/mol. The first-order chi connectivity index (χ1) is 19.0. The van der Waals surface area contributed by atoms with Crippen LogP contribution in [0.25, 0.3) is 0 Å². The van der Waals surface area contributed by atoms with Gasteiger partial charge in [0.1, 0.15) is 0 Å². The number of aliphatic hydroxyl groups is 14. The van der Waals surface area contributed by atoms with Crippen molar-refractivity contribution in [2.24, 2.45) is 0 Å². The highest BCUT2D eigenvalue weighted by Crippen LogP contribution is 2.60. The molecule has 14 N–H and O–H groups in total. The Kier molecular flexibility index (Phi) is 6.91. The molecule has 0 spiro atoms. The first kappa shape index (κ1) is 32.0. The van der Waals surface area contributed by atoms with Gasteiger partial charge in [-0.05, 0) is 17.7 Å². The summed E-state index contributed by atoms with van der Waals surface area (Å²) in [5.74, 6) is -32.6. The number of rotatable bonds is 6. The minimum atomic E-state index is -5.54. The average molecular weight is 603 g/mol. The lowest BCUT2D eigenvalue weighted by atomic mass is 9.62. The van der Waals surface area contributed by atoms with Crippen LogP contribution in [0.15, 0.2) is 42.5 Å². The van der Waals surface area contributed by atoms with Crippen LogP contribution < -0.4 is 9.47 Å². The van der Waals surface area contributed by atoms with Crippen molar-refractivity contribution in [3.8, 4) is 11.5 Å². The van der Waals surface area contributed by atoms with E-state index in [0.29, 0.717) is 12.1 Å². The maximum atomic E-state index is 13.4. The van der Waals surface area contributed by atoms with Crippen molar-refractivity contribution in [3.05, 3.63) is 59.2 Å². The van der Waals surface area contributed by atoms with E-state index < -0.39 is 74.5 Å². The van der Waals surface area contributed by atoms with Crippen LogP contribution in [0.5, 0.6) is 11.5 Å². The van der Waals surface area contributed by atoms with Gasteiger partial charge in [0.05, 0.1) is 14.2 Å². The van der Waals surface area contributed by atoms with E-state index in [1.165, 1.54) is 30.3 Å². The maximum Gasteiger partial charge on any atom is 0.290 e. The molecule has 232 valence electrons. The Morgan fingerprint density at radius 3 is 1.64 bits per heavy atom. The summed E-state index contributed by atoms with van der Waals surface area (Å²) < 4.78 is 9.90. The second-order valence-corrected chi connectivity index (χ2v) is 10.0. The van der Waals surface area contributed by atoms with Crippen LogP contribution >= 0.6 is 0 Å². The standard InChI is InChI=1S/C24H29NO17/c1-41-14-8-12-13(9-15(14)42-2)18(28,29)17(27,16(12)26)20(31,32)19(30)21(33,34)23(37,38)25(24(39,40)22(19,35)36)10-11-6-4-3-5-7-11/h3-9,27-40H,10H2,1-2H3. The number of carbonyl (C=O) groups excluding carboxylic acids is 1. The molecular formula is C24H29NO17. The van der Waals surface area contributed by atoms with Gasteiger partial charge in [0.15, 0.2) is 11.5 Å². The second kappa shape index (κ2) is 9.06. The van der Waals surface area contributed by atoms with Gasteiger partial charge in [0.25, 0.3) is 23.4 Å². The minimum absolute atomic E-state index is 0.0959. The Hall–Kier alpha value is -2.89. The van der Waals surface area contributed by atoms with Gasteiger partial charge in [-0.3, -0.25) is 4.79 Å². The Morgan fingerprint density at radius 1 is 0.738 bits per heavy atom. The Balaban J connectivity index is 1.99. The molecule has 0 saturated carbocycles. The smallest absolute Gasteiger partial charge is 0.290 e. The molecule has 1 fully saturated rings. The van der Waals surface area contributed by atoms with E-state index in [-0.39, 0.29) is 17.1 Å². The number of fused-ring (bicyclic) bond motifs is 1. The van der Waals surface area contributed by atoms with Crippen molar-refractivity contribution in [1.29, 1.82) is 0 Å². The summed E-state index contributed by atoms with van der Waals surface area (Å²) in [6, 6.07) is 7.87. The first-order valence-corrected chi connectivity index (χ1v) is 11.7. The van der Waals surface area contributed by atoms with Gasteiger partial charge in [-0.15, -0.1) is 0 Å². The molecular weight excluding hydrogens is 574 g/mol. The van der Waals surface area contributed by atoms with Gasteiger partial charge < -0.3 is 81.0 Å². The van der Waals surface area contributed by atoms with E-state index >= 15 is 0 Å². The lowest BCUT2D eigenvalue weighted by molar-refractivity contribution is -0.626. The number of benzene rings is 2. The maximum absolute atomic E-state index is 13.4. The molecule has 0 radical (unpaired) electrons. The van der Waals surface area contributed by atoms with E-state index in [0.717, 1.165) is 14.2 Å². The summed E-state index contributed by atoms with van der Waals surface area (Å²) in [6.45, 7) is -1.20. The molecule has 2 aromatic carbocycles. The van der Waals surface area contributed by atoms with E-state index in [2.05, 4.69) is 0 Å². The molecule has 1 atom stereocenters. The summed E-state index contributed by atoms with van der Waals surface area (Å²) in [5, 5.41) is 153. The summed E-state index contributed by atoms with van der Waals surface area (Å²) >= 11 is 0. The Bertz CT molecular complexity index is 1380. The fourth-order valence-corrected chi connectivity index (χ4v) is 5.36. The van der Waals surface area contributed by atoms with Gasteiger partial charge in [0, 0.05) is 17.7 Å². The Morgan fingerprint density at radius 2 is 1.19 bits per heavy atom. The molecule has 1 aliphatic carbocycles. The van der Waals surface area contributed by atoms with Crippen LogP contribution in [-0.2, 0) is 12.3 Å². The highest BCUT2D eigenvalue weighted by atomic mass is 16.7. The number of carbonyl (C=O) groups is 1. The van der Waals surface area contributed by atoms with Crippen molar-refractivity contribution < 1.29 is 85.8 Å². The molecule has 42 heavy (non-hydrogen) atoms. The number of ether oxygens (including phenoxy) is 2. The van der Waals surface area contributed by atoms with Crippen LogP contribution in [0.3, 0.4) is 0 Å². The minimum Gasteiger partial charge on any atom is -0.493 e. The van der Waals surface area contributed by atoms with E-state index in [1.54, 1.807) is 0 Å². The number of likely N-dealkylation sites (tertiary alicyclic amines) is 1. The summed E-state index contributed by atoms with van der Waals surface area (Å²) in [6.07, 6.45) is 0. The zero-order valence-electron chi connectivity index (χ0n) is 21.7. The van der Waals surface area contributed by atoms with Crippen LogP contribution in [0.4, 0.5) is 0 Å². The predicted octanol–water partition coefficient (Wildman–Crippen LogP) is -6.66. The zero-order valence-corrected chi connectivity index (χ0v) is 21.7. The van der Waals surface area contributed by atoms with Crippen LogP contribution in [0.2, 0.25) is 0 Å². The van der Waals surface area contributed by atoms with Crippen molar-refractivity contribution >= 4 is 5.78 Å². The number of piperidine rings is 1. The number of hydrogen-bond acceptors (Lipinski definition) is 18. The molecule has 0 amide bonds. The number of Topliss-reactive ketones (excluding diaryl/α,β-unsaturated/α-hetero) is 1.